The van der Waals surface area contributed by atoms with Crippen LogP contribution in [0.25, 0.3) is 38.6 Å². The summed E-state index contributed by atoms with van der Waals surface area (Å²) in [7, 11) is 0. The summed E-state index contributed by atoms with van der Waals surface area (Å²) in [5.74, 6) is 0. The lowest BCUT2D eigenvalue weighted by molar-refractivity contribution is 1.17. The maximum absolute atomic E-state index is 2.37. The molecule has 246 valence electrons. The molecule has 0 N–H and O–H groups in total. The zero-order valence-corrected chi connectivity index (χ0v) is 29.1. The Labute approximate surface area is 307 Å². The Balaban J connectivity index is 1.05. The van der Waals surface area contributed by atoms with Crippen molar-refractivity contribution < 1.29 is 0 Å². The van der Waals surface area contributed by atoms with Gasteiger partial charge in [0.25, 0.3) is 0 Å². The first-order chi connectivity index (χ1) is 25.8. The van der Waals surface area contributed by atoms with Crippen molar-refractivity contribution in [2.45, 2.75) is 9.79 Å². The predicted molar refractivity (Wildman–Crippen MR) is 220 cm³/mol. The van der Waals surface area contributed by atoms with Gasteiger partial charge < -0.3 is 14.4 Å². The van der Waals surface area contributed by atoms with Gasteiger partial charge in [-0.15, -0.1) is 0 Å². The van der Waals surface area contributed by atoms with Gasteiger partial charge >= 0.3 is 0 Å². The molecule has 1 aromatic heterocycles. The number of benzene rings is 8. The number of para-hydroxylation sites is 5. The van der Waals surface area contributed by atoms with Crippen LogP contribution in [0, 0.1) is 0 Å². The zero-order chi connectivity index (χ0) is 34.4. The third kappa shape index (κ3) is 5.15. The largest absolute Gasteiger partial charge is 0.310 e. The molecule has 0 amide bonds. The second kappa shape index (κ2) is 12.7. The highest BCUT2D eigenvalue weighted by molar-refractivity contribution is 7.99. The van der Waals surface area contributed by atoms with Crippen LogP contribution in [0.1, 0.15) is 0 Å². The van der Waals surface area contributed by atoms with E-state index >= 15 is 0 Å². The van der Waals surface area contributed by atoms with E-state index in [2.05, 4.69) is 215 Å². The van der Waals surface area contributed by atoms with Gasteiger partial charge in [0.2, 0.25) is 0 Å². The van der Waals surface area contributed by atoms with Gasteiger partial charge in [0, 0.05) is 49.0 Å². The van der Waals surface area contributed by atoms with Gasteiger partial charge in [-0.2, -0.15) is 0 Å². The van der Waals surface area contributed by atoms with Crippen molar-refractivity contribution in [3.05, 3.63) is 200 Å². The molecule has 0 bridgehead atoms. The highest BCUT2D eigenvalue weighted by Gasteiger charge is 2.25. The van der Waals surface area contributed by atoms with Crippen LogP contribution in [0.4, 0.5) is 34.1 Å². The van der Waals surface area contributed by atoms with Gasteiger partial charge in [-0.1, -0.05) is 115 Å². The van der Waals surface area contributed by atoms with Crippen LogP contribution in [0.3, 0.4) is 0 Å². The summed E-state index contributed by atoms with van der Waals surface area (Å²) in [6, 6.07) is 72.0. The number of rotatable bonds is 6. The maximum Gasteiger partial charge on any atom is 0.0602 e. The smallest absolute Gasteiger partial charge is 0.0602 e. The fraction of sp³-hybridized carbons (Fsp3) is 0. The number of fused-ring (bicyclic) bond motifs is 5. The Morgan fingerprint density at radius 1 is 0.365 bits per heavy atom. The molecule has 0 atom stereocenters. The minimum atomic E-state index is 1.11. The number of hydrogen-bond acceptors (Lipinski definition) is 3. The Morgan fingerprint density at radius 2 is 0.942 bits per heavy atom. The zero-order valence-electron chi connectivity index (χ0n) is 28.3. The molecule has 52 heavy (non-hydrogen) atoms. The number of anilines is 6. The Bertz CT molecular complexity index is 2700. The summed E-state index contributed by atoms with van der Waals surface area (Å²) < 4.78 is 2.37. The quantitative estimate of drug-likeness (QED) is 0.173. The molecule has 0 saturated carbocycles. The van der Waals surface area contributed by atoms with Crippen molar-refractivity contribution in [3.63, 3.8) is 0 Å². The van der Waals surface area contributed by atoms with Crippen LogP contribution in [-0.4, -0.2) is 4.57 Å². The molecule has 1 aliphatic heterocycles. The lowest BCUT2D eigenvalue weighted by Gasteiger charge is -2.33. The second-order valence-corrected chi connectivity index (χ2v) is 14.1. The molecule has 3 nitrogen and oxygen atoms in total. The lowest BCUT2D eigenvalue weighted by Crippen LogP contribution is -2.14. The Morgan fingerprint density at radius 3 is 1.73 bits per heavy atom. The fourth-order valence-electron chi connectivity index (χ4n) is 7.57. The van der Waals surface area contributed by atoms with E-state index in [1.807, 2.05) is 11.8 Å². The van der Waals surface area contributed by atoms with E-state index in [0.29, 0.717) is 0 Å². The van der Waals surface area contributed by atoms with Crippen LogP contribution < -0.4 is 9.80 Å². The van der Waals surface area contributed by atoms with Gasteiger partial charge in [-0.05, 0) is 108 Å². The summed E-state index contributed by atoms with van der Waals surface area (Å²) in [5.41, 5.74) is 12.9. The third-order valence-electron chi connectivity index (χ3n) is 9.94. The van der Waals surface area contributed by atoms with Crippen molar-refractivity contribution >= 4 is 67.7 Å². The molecule has 0 aliphatic carbocycles. The first kappa shape index (κ1) is 30.3. The lowest BCUT2D eigenvalue weighted by atomic mass is 10.0. The SMILES string of the molecule is c1ccc(N(c2ccc(-c3ccc4c(c3)Sc3ccccc3N4c3ccccc3)cc2)c2ccc3c(c2)c2ccccc2n3-c2ccccc2)cc1. The highest BCUT2D eigenvalue weighted by Crippen LogP contribution is 2.52. The minimum absolute atomic E-state index is 1.11. The molecular formula is C48H33N3S. The summed E-state index contributed by atoms with van der Waals surface area (Å²) in [5, 5.41) is 2.47. The van der Waals surface area contributed by atoms with E-state index in [-0.39, 0.29) is 0 Å². The molecule has 2 heterocycles. The summed E-state index contributed by atoms with van der Waals surface area (Å²) in [6.45, 7) is 0. The van der Waals surface area contributed by atoms with Crippen molar-refractivity contribution in [3.8, 4) is 16.8 Å². The molecule has 8 aromatic carbocycles. The number of aromatic nitrogens is 1. The molecule has 4 heteroatoms. The molecule has 9 aromatic rings. The molecule has 0 fully saturated rings. The molecule has 0 spiro atoms. The molecule has 1 aliphatic rings. The van der Waals surface area contributed by atoms with Crippen molar-refractivity contribution in [2.75, 3.05) is 9.80 Å². The predicted octanol–water partition coefficient (Wildman–Crippen LogP) is 13.9. The van der Waals surface area contributed by atoms with E-state index < -0.39 is 0 Å². The molecular weight excluding hydrogens is 651 g/mol. The van der Waals surface area contributed by atoms with E-state index in [0.717, 1.165) is 28.4 Å². The normalized spacial score (nSPS) is 12.1. The van der Waals surface area contributed by atoms with E-state index in [1.165, 1.54) is 54.1 Å². The summed E-state index contributed by atoms with van der Waals surface area (Å²) in [6.07, 6.45) is 0. The third-order valence-corrected chi connectivity index (χ3v) is 11.1. The Kier molecular flexibility index (Phi) is 7.40. The van der Waals surface area contributed by atoms with E-state index in [4.69, 9.17) is 0 Å². The van der Waals surface area contributed by atoms with Crippen LogP contribution in [0.2, 0.25) is 0 Å². The van der Waals surface area contributed by atoms with Gasteiger partial charge in [-0.3, -0.25) is 0 Å². The van der Waals surface area contributed by atoms with Crippen LogP contribution in [0.5, 0.6) is 0 Å². The van der Waals surface area contributed by atoms with Crippen molar-refractivity contribution in [1.29, 1.82) is 0 Å². The first-order valence-corrected chi connectivity index (χ1v) is 18.4. The summed E-state index contributed by atoms with van der Waals surface area (Å²) >= 11 is 1.84. The first-order valence-electron chi connectivity index (χ1n) is 17.6. The maximum atomic E-state index is 2.37. The number of nitrogens with zero attached hydrogens (tertiary/aromatic N) is 3. The fourth-order valence-corrected chi connectivity index (χ4v) is 8.67. The van der Waals surface area contributed by atoms with Gasteiger partial charge in [0.1, 0.15) is 0 Å². The van der Waals surface area contributed by atoms with Crippen LogP contribution >= 0.6 is 11.8 Å². The number of hydrogen-bond donors (Lipinski definition) is 0. The average Bonchev–Trinajstić information content (AvgIpc) is 3.55. The molecule has 0 unspecified atom stereocenters. The van der Waals surface area contributed by atoms with E-state index in [1.54, 1.807) is 0 Å². The van der Waals surface area contributed by atoms with Gasteiger partial charge in [-0.25, -0.2) is 0 Å². The highest BCUT2D eigenvalue weighted by atomic mass is 32.2. The van der Waals surface area contributed by atoms with Crippen molar-refractivity contribution in [2.24, 2.45) is 0 Å². The topological polar surface area (TPSA) is 11.4 Å². The molecule has 10 rings (SSSR count). The average molecular weight is 684 g/mol. The minimum Gasteiger partial charge on any atom is -0.310 e. The van der Waals surface area contributed by atoms with Gasteiger partial charge in [0.15, 0.2) is 0 Å². The monoisotopic (exact) mass is 683 g/mol. The molecule has 0 radical (unpaired) electrons. The molecule has 0 saturated heterocycles. The summed E-state index contributed by atoms with van der Waals surface area (Å²) in [4.78, 5) is 7.24. The Hall–Kier alpha value is -6.49. The van der Waals surface area contributed by atoms with Crippen LogP contribution in [0.15, 0.2) is 210 Å². The second-order valence-electron chi connectivity index (χ2n) is 13.0. The standard InChI is InChI=1S/C48H33N3S/c1-4-14-36(15-5-1)49(40-29-31-44-42(33-40)41-20-10-11-21-43(41)50(44)37-16-6-2-7-17-37)39-27-24-34(25-28-39)35-26-30-46-48(32-35)52-47-23-13-12-22-45(47)51(46)38-18-8-3-9-19-38/h1-33H. The van der Waals surface area contributed by atoms with E-state index in [9.17, 15) is 0 Å². The van der Waals surface area contributed by atoms with Gasteiger partial charge in [0.05, 0.1) is 22.4 Å². The van der Waals surface area contributed by atoms with Crippen LogP contribution in [-0.2, 0) is 0 Å². The van der Waals surface area contributed by atoms with Crippen molar-refractivity contribution in [1.82, 2.24) is 4.57 Å².